The van der Waals surface area contributed by atoms with Crippen LogP contribution in [0.25, 0.3) is 0 Å². The molecule has 0 aliphatic carbocycles. The molecule has 0 fully saturated rings. The van der Waals surface area contributed by atoms with Gasteiger partial charge >= 0.3 is 0 Å². The van der Waals surface area contributed by atoms with Crippen LogP contribution < -0.4 is 0 Å². The number of nitrogens with zero attached hydrogens (tertiary/aromatic N) is 2. The highest BCUT2D eigenvalue weighted by molar-refractivity contribution is 7.85. The summed E-state index contributed by atoms with van der Waals surface area (Å²) in [6.45, 7) is 3.77. The summed E-state index contributed by atoms with van der Waals surface area (Å²) in [6.07, 6.45) is 2.89. The van der Waals surface area contributed by atoms with Crippen LogP contribution in [-0.2, 0) is 17.2 Å². The van der Waals surface area contributed by atoms with E-state index in [1.165, 1.54) is 0 Å². The quantitative estimate of drug-likeness (QED) is 0.782. The van der Waals surface area contributed by atoms with Gasteiger partial charge in [-0.2, -0.15) is 4.98 Å². The van der Waals surface area contributed by atoms with Crippen LogP contribution in [0.3, 0.4) is 0 Å². The summed E-state index contributed by atoms with van der Waals surface area (Å²) < 4.78 is 16.6. The minimum absolute atomic E-state index is 0.0895. The first-order valence-corrected chi connectivity index (χ1v) is 6.87. The zero-order chi connectivity index (χ0) is 12.0. The number of aliphatic hydroxyl groups is 1. The molecule has 1 rings (SSSR count). The molecular formula is C10H18N2O3S. The van der Waals surface area contributed by atoms with Gasteiger partial charge in [0.2, 0.25) is 5.89 Å². The Morgan fingerprint density at radius 1 is 1.56 bits per heavy atom. The van der Waals surface area contributed by atoms with Gasteiger partial charge in [-0.15, -0.1) is 0 Å². The van der Waals surface area contributed by atoms with Crippen molar-refractivity contribution in [3.8, 4) is 0 Å². The minimum atomic E-state index is -1.15. The average molecular weight is 246 g/mol. The molecule has 1 aromatic heterocycles. The molecule has 1 N–H and O–H groups in total. The Balaban J connectivity index is 2.59. The van der Waals surface area contributed by atoms with E-state index in [9.17, 15) is 4.21 Å². The molecule has 2 unspecified atom stereocenters. The van der Waals surface area contributed by atoms with Crippen LogP contribution in [0.2, 0.25) is 0 Å². The highest BCUT2D eigenvalue weighted by atomic mass is 32.2. The Hall–Kier alpha value is -0.750. The molecule has 0 spiro atoms. The molecule has 2 atom stereocenters. The molecule has 0 saturated carbocycles. The number of aromatic nitrogens is 2. The van der Waals surface area contributed by atoms with E-state index in [0.29, 0.717) is 11.7 Å². The van der Waals surface area contributed by atoms with E-state index in [1.807, 2.05) is 0 Å². The van der Waals surface area contributed by atoms with Crippen molar-refractivity contribution in [2.75, 3.05) is 12.4 Å². The number of hydrogen-bond donors (Lipinski definition) is 1. The van der Waals surface area contributed by atoms with Crippen molar-refractivity contribution in [2.24, 2.45) is 0 Å². The Morgan fingerprint density at radius 3 is 2.94 bits per heavy atom. The largest absolute Gasteiger partial charge is 0.395 e. The number of aliphatic hydroxyl groups excluding tert-OH is 1. The Morgan fingerprint density at radius 2 is 2.31 bits per heavy atom. The van der Waals surface area contributed by atoms with Crippen LogP contribution in [0.5, 0.6) is 0 Å². The normalized spacial score (nSPS) is 14.9. The van der Waals surface area contributed by atoms with Crippen LogP contribution in [0, 0.1) is 0 Å². The van der Waals surface area contributed by atoms with Crippen LogP contribution in [0.15, 0.2) is 4.52 Å². The summed E-state index contributed by atoms with van der Waals surface area (Å²) >= 11 is 0. The summed E-state index contributed by atoms with van der Waals surface area (Å²) in [6, 6.07) is 0. The molecule has 1 aromatic rings. The second-order valence-electron chi connectivity index (χ2n) is 3.60. The van der Waals surface area contributed by atoms with E-state index in [1.54, 1.807) is 6.92 Å². The molecule has 0 aromatic carbocycles. The fraction of sp³-hybridized carbons (Fsp3) is 0.800. The summed E-state index contributed by atoms with van der Waals surface area (Å²) in [4.78, 5) is 4.20. The van der Waals surface area contributed by atoms with Crippen molar-refractivity contribution in [2.45, 2.75) is 38.4 Å². The van der Waals surface area contributed by atoms with Gasteiger partial charge in [0.15, 0.2) is 5.82 Å². The topological polar surface area (TPSA) is 76.2 Å². The molecule has 0 saturated heterocycles. The lowest BCUT2D eigenvalue weighted by molar-refractivity contribution is 0.320. The molecule has 0 bridgehead atoms. The van der Waals surface area contributed by atoms with Gasteiger partial charge in [-0.25, -0.2) is 0 Å². The lowest BCUT2D eigenvalue weighted by atomic mass is 10.2. The highest BCUT2D eigenvalue weighted by Gasteiger charge is 2.19. The molecule has 0 radical (unpaired) electrons. The molecule has 16 heavy (non-hydrogen) atoms. The van der Waals surface area contributed by atoms with E-state index in [0.717, 1.165) is 19.3 Å². The molecular weight excluding hydrogens is 228 g/mol. The molecule has 0 aliphatic heterocycles. The van der Waals surface area contributed by atoms with Gasteiger partial charge in [-0.3, -0.25) is 4.21 Å². The highest BCUT2D eigenvalue weighted by Crippen LogP contribution is 2.17. The maximum Gasteiger partial charge on any atom is 0.242 e. The summed E-state index contributed by atoms with van der Waals surface area (Å²) in [5, 5.41) is 12.2. The third-order valence-electron chi connectivity index (χ3n) is 2.27. The monoisotopic (exact) mass is 246 g/mol. The van der Waals surface area contributed by atoms with Crippen LogP contribution in [0.1, 0.15) is 43.7 Å². The molecule has 6 heteroatoms. The first-order chi connectivity index (χ1) is 7.69. The fourth-order valence-corrected chi connectivity index (χ4v) is 2.10. The number of aryl methyl sites for hydroxylation is 1. The second-order valence-corrected chi connectivity index (χ2v) is 5.48. The summed E-state index contributed by atoms with van der Waals surface area (Å²) in [5.41, 5.74) is 0. The van der Waals surface area contributed by atoms with Gasteiger partial charge in [0.05, 0.1) is 6.61 Å². The predicted octanol–water partition coefficient (Wildman–Crippen LogP) is 1.21. The van der Waals surface area contributed by atoms with Gasteiger partial charge in [-0.05, 0) is 13.3 Å². The number of unbranched alkanes of at least 4 members (excludes halogenated alkanes) is 1. The minimum Gasteiger partial charge on any atom is -0.395 e. The maximum atomic E-state index is 11.6. The lowest BCUT2D eigenvalue weighted by Crippen LogP contribution is -2.09. The van der Waals surface area contributed by atoms with Crippen molar-refractivity contribution in [3.63, 3.8) is 0 Å². The predicted molar refractivity (Wildman–Crippen MR) is 61.4 cm³/mol. The third kappa shape index (κ3) is 3.68. The van der Waals surface area contributed by atoms with Crippen molar-refractivity contribution >= 4 is 10.8 Å². The van der Waals surface area contributed by atoms with E-state index in [4.69, 9.17) is 9.63 Å². The van der Waals surface area contributed by atoms with Crippen LogP contribution in [-0.4, -0.2) is 31.8 Å². The fourth-order valence-electron chi connectivity index (χ4n) is 1.25. The van der Waals surface area contributed by atoms with Crippen molar-refractivity contribution in [1.82, 2.24) is 10.1 Å². The number of hydrogen-bond acceptors (Lipinski definition) is 5. The zero-order valence-electron chi connectivity index (χ0n) is 9.68. The Bertz CT molecular complexity index is 341. The van der Waals surface area contributed by atoms with Crippen LogP contribution >= 0.6 is 0 Å². The Labute approximate surface area is 97.7 Å². The van der Waals surface area contributed by atoms with E-state index in [-0.39, 0.29) is 17.6 Å². The third-order valence-corrected chi connectivity index (χ3v) is 3.85. The van der Waals surface area contributed by atoms with Crippen molar-refractivity contribution in [1.29, 1.82) is 0 Å². The molecule has 92 valence electrons. The van der Waals surface area contributed by atoms with Gasteiger partial charge in [0.25, 0.3) is 0 Å². The molecule has 0 amide bonds. The zero-order valence-corrected chi connectivity index (χ0v) is 10.5. The molecule has 0 aliphatic rings. The summed E-state index contributed by atoms with van der Waals surface area (Å²) in [7, 11) is -1.15. The van der Waals surface area contributed by atoms with Crippen LogP contribution in [0.4, 0.5) is 0 Å². The van der Waals surface area contributed by atoms with Gasteiger partial charge in [-0.1, -0.05) is 18.5 Å². The SMILES string of the molecule is CCCCc1noc(C(C)S(=O)CCO)n1. The summed E-state index contributed by atoms with van der Waals surface area (Å²) in [5.74, 6) is 1.32. The first kappa shape index (κ1) is 13.3. The standard InChI is InChI=1S/C10H18N2O3S/c1-3-4-5-9-11-10(15-12-9)8(2)16(14)7-6-13/h8,13H,3-7H2,1-2H3. The van der Waals surface area contributed by atoms with Crippen molar-refractivity contribution in [3.05, 3.63) is 11.7 Å². The van der Waals surface area contributed by atoms with E-state index >= 15 is 0 Å². The number of rotatable bonds is 7. The van der Waals surface area contributed by atoms with Crippen molar-refractivity contribution < 1.29 is 13.8 Å². The van der Waals surface area contributed by atoms with E-state index < -0.39 is 10.8 Å². The second kappa shape index (κ2) is 6.75. The Kier molecular flexibility index (Phi) is 5.62. The van der Waals surface area contributed by atoms with E-state index in [2.05, 4.69) is 17.1 Å². The van der Waals surface area contributed by atoms with Gasteiger partial charge in [0.1, 0.15) is 5.25 Å². The lowest BCUT2D eigenvalue weighted by Gasteiger charge is -2.04. The smallest absolute Gasteiger partial charge is 0.242 e. The average Bonchev–Trinajstić information content (AvgIpc) is 2.74. The van der Waals surface area contributed by atoms with Gasteiger partial charge < -0.3 is 9.63 Å². The molecule has 5 nitrogen and oxygen atoms in total. The maximum absolute atomic E-state index is 11.6. The first-order valence-electron chi connectivity index (χ1n) is 5.49. The molecule has 1 heterocycles. The van der Waals surface area contributed by atoms with Gasteiger partial charge in [0, 0.05) is 23.0 Å².